The number of carbonyl (C=O) groups excluding carboxylic acids is 1. The van der Waals surface area contributed by atoms with Crippen LogP contribution in [0.3, 0.4) is 0 Å². The summed E-state index contributed by atoms with van der Waals surface area (Å²) in [5, 5.41) is 9.08. The molecule has 4 nitrogen and oxygen atoms in total. The molecule has 1 heterocycles. The third-order valence-corrected chi connectivity index (χ3v) is 3.31. The highest BCUT2D eigenvalue weighted by molar-refractivity contribution is 5.82. The number of piperazine rings is 1. The van der Waals surface area contributed by atoms with Gasteiger partial charge in [-0.15, -0.1) is 0 Å². The molecule has 0 radical (unpaired) electrons. The van der Waals surface area contributed by atoms with Crippen molar-refractivity contribution in [1.29, 1.82) is 0 Å². The highest BCUT2D eigenvalue weighted by atomic mass is 16.3. The summed E-state index contributed by atoms with van der Waals surface area (Å²) in [4.78, 5) is 16.1. The Morgan fingerprint density at radius 1 is 1.50 bits per heavy atom. The Balaban J connectivity index is 2.90. The van der Waals surface area contributed by atoms with E-state index < -0.39 is 0 Å². The lowest BCUT2D eigenvalue weighted by atomic mass is 9.93. The third-order valence-electron chi connectivity index (χ3n) is 3.31. The van der Waals surface area contributed by atoms with E-state index in [4.69, 9.17) is 5.11 Å². The average molecular weight is 228 g/mol. The lowest BCUT2D eigenvalue weighted by Gasteiger charge is -2.50. The van der Waals surface area contributed by atoms with Crippen LogP contribution in [0.5, 0.6) is 0 Å². The smallest absolute Gasteiger partial charge is 0.239 e. The first kappa shape index (κ1) is 13.5. The Morgan fingerprint density at radius 2 is 2.12 bits per heavy atom. The number of nitrogens with zero attached hydrogens (tertiary/aromatic N) is 2. The largest absolute Gasteiger partial charge is 0.396 e. The van der Waals surface area contributed by atoms with Crippen molar-refractivity contribution in [3.8, 4) is 0 Å². The second-order valence-electron chi connectivity index (χ2n) is 5.23. The summed E-state index contributed by atoms with van der Waals surface area (Å²) >= 11 is 0. The highest BCUT2D eigenvalue weighted by Gasteiger charge is 2.42. The Hall–Kier alpha value is -0.610. The van der Waals surface area contributed by atoms with Gasteiger partial charge in [0.05, 0.1) is 6.04 Å². The van der Waals surface area contributed by atoms with Gasteiger partial charge in [0.1, 0.15) is 0 Å². The molecule has 1 aliphatic heterocycles. The summed E-state index contributed by atoms with van der Waals surface area (Å²) in [6.45, 7) is 8.19. The van der Waals surface area contributed by atoms with Crippen molar-refractivity contribution in [1.82, 2.24) is 9.80 Å². The number of carbonyl (C=O) groups is 1. The van der Waals surface area contributed by atoms with Gasteiger partial charge < -0.3 is 10.0 Å². The molecule has 1 aliphatic rings. The molecule has 0 spiro atoms. The van der Waals surface area contributed by atoms with E-state index in [9.17, 15) is 4.79 Å². The number of aliphatic hydroxyl groups excluding tert-OH is 1. The highest BCUT2D eigenvalue weighted by Crippen LogP contribution is 2.27. The van der Waals surface area contributed by atoms with E-state index in [1.165, 1.54) is 0 Å². The van der Waals surface area contributed by atoms with Gasteiger partial charge in [-0.2, -0.15) is 0 Å². The minimum atomic E-state index is -0.154. The number of hydrogen-bond donors (Lipinski definition) is 1. The molecule has 0 aromatic heterocycles. The van der Waals surface area contributed by atoms with Crippen molar-refractivity contribution in [3.63, 3.8) is 0 Å². The van der Waals surface area contributed by atoms with Gasteiger partial charge in [0.25, 0.3) is 0 Å². The number of amides is 1. The van der Waals surface area contributed by atoms with Gasteiger partial charge in [-0.05, 0) is 33.2 Å². The molecule has 1 N–H and O–H groups in total. The maximum atomic E-state index is 12.1. The van der Waals surface area contributed by atoms with Crippen LogP contribution in [0.1, 0.15) is 33.6 Å². The van der Waals surface area contributed by atoms with Gasteiger partial charge in [-0.25, -0.2) is 0 Å². The van der Waals surface area contributed by atoms with E-state index in [1.807, 2.05) is 7.05 Å². The second-order valence-corrected chi connectivity index (χ2v) is 5.23. The molecular weight excluding hydrogens is 204 g/mol. The van der Waals surface area contributed by atoms with Gasteiger partial charge in [0.2, 0.25) is 5.91 Å². The SMILES string of the molecule is CCCN1C(CCO)C(=O)N(C)CC1(C)C. The molecule has 16 heavy (non-hydrogen) atoms. The molecule has 1 fully saturated rings. The van der Waals surface area contributed by atoms with Crippen molar-refractivity contribution in [3.05, 3.63) is 0 Å². The van der Waals surface area contributed by atoms with Crippen LogP contribution in [0, 0.1) is 0 Å². The quantitative estimate of drug-likeness (QED) is 0.770. The number of hydrogen-bond acceptors (Lipinski definition) is 3. The molecule has 0 aromatic carbocycles. The molecule has 4 heteroatoms. The number of rotatable bonds is 4. The van der Waals surface area contributed by atoms with Crippen molar-refractivity contribution < 1.29 is 9.90 Å². The van der Waals surface area contributed by atoms with Crippen LogP contribution < -0.4 is 0 Å². The second kappa shape index (κ2) is 5.15. The molecule has 1 unspecified atom stereocenters. The molecule has 0 aliphatic carbocycles. The molecule has 1 rings (SSSR count). The maximum Gasteiger partial charge on any atom is 0.239 e. The van der Waals surface area contributed by atoms with E-state index in [1.54, 1.807) is 4.90 Å². The van der Waals surface area contributed by atoms with Gasteiger partial charge in [0, 0.05) is 25.7 Å². The summed E-state index contributed by atoms with van der Waals surface area (Å²) in [5.41, 5.74) is -0.00148. The molecule has 1 saturated heterocycles. The summed E-state index contributed by atoms with van der Waals surface area (Å²) in [7, 11) is 1.84. The Bertz CT molecular complexity index is 253. The van der Waals surface area contributed by atoms with Crippen LogP contribution in [-0.4, -0.2) is 59.1 Å². The maximum absolute atomic E-state index is 12.1. The first-order valence-electron chi connectivity index (χ1n) is 6.06. The molecular formula is C12H24N2O2. The molecule has 0 bridgehead atoms. The predicted octanol–water partition coefficient (Wildman–Crippen LogP) is 0.700. The zero-order valence-corrected chi connectivity index (χ0v) is 10.9. The fourth-order valence-corrected chi connectivity index (χ4v) is 2.66. The third kappa shape index (κ3) is 2.55. The molecule has 1 atom stereocenters. The Morgan fingerprint density at radius 3 is 2.62 bits per heavy atom. The fourth-order valence-electron chi connectivity index (χ4n) is 2.66. The first-order chi connectivity index (χ1) is 7.44. The van der Waals surface area contributed by atoms with Crippen molar-refractivity contribution in [2.45, 2.75) is 45.2 Å². The normalized spacial score (nSPS) is 26.2. The van der Waals surface area contributed by atoms with E-state index in [0.717, 1.165) is 19.5 Å². The molecule has 94 valence electrons. The van der Waals surface area contributed by atoms with E-state index >= 15 is 0 Å². The van der Waals surface area contributed by atoms with E-state index in [2.05, 4.69) is 25.7 Å². The topological polar surface area (TPSA) is 43.8 Å². The van der Waals surface area contributed by atoms with Crippen LogP contribution >= 0.6 is 0 Å². The minimum absolute atomic E-state index is 0.00148. The monoisotopic (exact) mass is 228 g/mol. The predicted molar refractivity (Wildman–Crippen MR) is 64.2 cm³/mol. The summed E-state index contributed by atoms with van der Waals surface area (Å²) in [5.74, 6) is 0.141. The van der Waals surface area contributed by atoms with Gasteiger partial charge >= 0.3 is 0 Å². The van der Waals surface area contributed by atoms with Crippen LogP contribution in [0.4, 0.5) is 0 Å². The Kier molecular flexibility index (Phi) is 4.33. The van der Waals surface area contributed by atoms with Crippen molar-refractivity contribution in [2.75, 3.05) is 26.7 Å². The van der Waals surface area contributed by atoms with Crippen LogP contribution in [0.2, 0.25) is 0 Å². The zero-order chi connectivity index (χ0) is 12.3. The van der Waals surface area contributed by atoms with Crippen LogP contribution in [-0.2, 0) is 4.79 Å². The summed E-state index contributed by atoms with van der Waals surface area (Å²) in [6, 6.07) is -0.154. The zero-order valence-electron chi connectivity index (χ0n) is 10.9. The van der Waals surface area contributed by atoms with Crippen LogP contribution in [0.25, 0.3) is 0 Å². The standard InChI is InChI=1S/C12H24N2O2/c1-5-7-14-10(6-8-15)11(16)13(4)9-12(14,2)3/h10,15H,5-9H2,1-4H3. The fraction of sp³-hybridized carbons (Fsp3) is 0.917. The van der Waals surface area contributed by atoms with Gasteiger partial charge in [0.15, 0.2) is 0 Å². The number of aliphatic hydroxyl groups is 1. The van der Waals surface area contributed by atoms with E-state index in [0.29, 0.717) is 6.42 Å². The molecule has 1 amide bonds. The van der Waals surface area contributed by atoms with Crippen molar-refractivity contribution in [2.24, 2.45) is 0 Å². The van der Waals surface area contributed by atoms with E-state index in [-0.39, 0.29) is 24.1 Å². The number of likely N-dealkylation sites (N-methyl/N-ethyl adjacent to an activating group) is 1. The van der Waals surface area contributed by atoms with Crippen molar-refractivity contribution >= 4 is 5.91 Å². The first-order valence-corrected chi connectivity index (χ1v) is 6.06. The lowest BCUT2D eigenvalue weighted by molar-refractivity contribution is -0.149. The Labute approximate surface area is 98.2 Å². The van der Waals surface area contributed by atoms with Gasteiger partial charge in [-0.1, -0.05) is 6.92 Å². The molecule has 0 saturated carbocycles. The average Bonchev–Trinajstić information content (AvgIpc) is 2.19. The molecule has 0 aromatic rings. The lowest BCUT2D eigenvalue weighted by Crippen LogP contribution is -2.65. The summed E-state index contributed by atoms with van der Waals surface area (Å²) in [6.07, 6.45) is 1.56. The van der Waals surface area contributed by atoms with Crippen LogP contribution in [0.15, 0.2) is 0 Å². The van der Waals surface area contributed by atoms with Gasteiger partial charge in [-0.3, -0.25) is 9.69 Å². The summed E-state index contributed by atoms with van der Waals surface area (Å²) < 4.78 is 0. The minimum Gasteiger partial charge on any atom is -0.396 e.